The summed E-state index contributed by atoms with van der Waals surface area (Å²) in [6.45, 7) is 4.34. The van der Waals surface area contributed by atoms with Gasteiger partial charge in [-0.3, -0.25) is 4.90 Å². The summed E-state index contributed by atoms with van der Waals surface area (Å²) < 4.78 is 52.5. The third kappa shape index (κ3) is 4.43. The third-order valence-electron chi connectivity index (χ3n) is 11.2. The van der Waals surface area contributed by atoms with E-state index in [2.05, 4.69) is 20.7 Å². The van der Waals surface area contributed by atoms with Crippen molar-refractivity contribution in [3.8, 4) is 35.2 Å². The van der Waals surface area contributed by atoms with Crippen molar-refractivity contribution in [2.45, 2.75) is 56.3 Å². The number of hydrogen-bond donors (Lipinski definition) is 2. The van der Waals surface area contributed by atoms with Gasteiger partial charge in [0, 0.05) is 54.2 Å². The predicted molar refractivity (Wildman–Crippen MR) is 170 cm³/mol. The Kier molecular flexibility index (Phi) is 6.68. The molecule has 2 unspecified atom stereocenters. The van der Waals surface area contributed by atoms with Crippen LogP contribution >= 0.6 is 0 Å². The summed E-state index contributed by atoms with van der Waals surface area (Å²) in [4.78, 5) is 13.6. The maximum atomic E-state index is 16.9. The highest BCUT2D eigenvalue weighted by molar-refractivity contribution is 6.04. The quantitative estimate of drug-likeness (QED) is 0.264. The SMILES string of the molecule is C#Cc1c(F)ccc2cc(O)cc(-c3ccc4c(N5CC6CCC(C5)C6(C)O)nc(OC[C@@]56CCCN5C[C@H](F)C6)nc4c3F)c12. The molecule has 2 N–H and O–H groups in total. The van der Waals surface area contributed by atoms with Gasteiger partial charge >= 0.3 is 6.01 Å². The zero-order valence-electron chi connectivity index (χ0n) is 25.6. The van der Waals surface area contributed by atoms with Crippen molar-refractivity contribution in [2.24, 2.45) is 11.8 Å². The number of rotatable bonds is 5. The molecular weight excluding hydrogens is 593 g/mol. The van der Waals surface area contributed by atoms with E-state index >= 15 is 4.39 Å². The molecule has 4 fully saturated rings. The molecule has 0 spiro atoms. The molecule has 0 radical (unpaired) electrons. The van der Waals surface area contributed by atoms with Crippen LogP contribution in [0.15, 0.2) is 36.4 Å². The number of phenolic OH excluding ortho intramolecular Hbond substituents is 1. The van der Waals surface area contributed by atoms with Crippen LogP contribution in [-0.4, -0.2) is 75.2 Å². The summed E-state index contributed by atoms with van der Waals surface area (Å²) >= 11 is 0. The minimum absolute atomic E-state index is 0.00732. The van der Waals surface area contributed by atoms with E-state index in [0.717, 1.165) is 32.2 Å². The van der Waals surface area contributed by atoms with Crippen molar-refractivity contribution in [1.29, 1.82) is 0 Å². The number of fused-ring (bicyclic) bond motifs is 5. The van der Waals surface area contributed by atoms with Crippen molar-refractivity contribution in [3.63, 3.8) is 0 Å². The fourth-order valence-electron chi connectivity index (χ4n) is 8.72. The summed E-state index contributed by atoms with van der Waals surface area (Å²) in [5.41, 5.74) is -0.932. The Hall–Kier alpha value is -4.07. The maximum Gasteiger partial charge on any atom is 0.319 e. The van der Waals surface area contributed by atoms with Crippen LogP contribution in [0.3, 0.4) is 0 Å². The lowest BCUT2D eigenvalue weighted by Crippen LogP contribution is -2.52. The number of benzene rings is 3. The van der Waals surface area contributed by atoms with Gasteiger partial charge in [0.15, 0.2) is 5.82 Å². The molecule has 3 aliphatic heterocycles. The van der Waals surface area contributed by atoms with Crippen LogP contribution in [0.2, 0.25) is 0 Å². The molecule has 8 rings (SSSR count). The average molecular weight is 629 g/mol. The highest BCUT2D eigenvalue weighted by atomic mass is 19.1. The number of terminal acetylenes is 1. The molecule has 4 aliphatic rings. The maximum absolute atomic E-state index is 16.9. The molecule has 3 saturated heterocycles. The first-order valence-corrected chi connectivity index (χ1v) is 16.0. The molecule has 4 atom stereocenters. The first-order chi connectivity index (χ1) is 22.1. The number of aromatic nitrogens is 2. The van der Waals surface area contributed by atoms with Gasteiger partial charge in [-0.15, -0.1) is 6.42 Å². The molecule has 4 heterocycles. The molecular formula is C36H35F3N4O3. The van der Waals surface area contributed by atoms with Crippen LogP contribution in [0.5, 0.6) is 11.8 Å². The number of piperidine rings is 1. The number of hydrogen-bond acceptors (Lipinski definition) is 7. The lowest BCUT2D eigenvalue weighted by atomic mass is 9.82. The minimum Gasteiger partial charge on any atom is -0.508 e. The van der Waals surface area contributed by atoms with Crippen LogP contribution < -0.4 is 9.64 Å². The van der Waals surface area contributed by atoms with Crippen molar-refractivity contribution < 1.29 is 28.1 Å². The highest BCUT2D eigenvalue weighted by Crippen LogP contribution is 2.47. The summed E-state index contributed by atoms with van der Waals surface area (Å²) in [6, 6.07) is 8.85. The van der Waals surface area contributed by atoms with Crippen molar-refractivity contribution in [2.75, 3.05) is 37.7 Å². The number of ether oxygens (including phenoxy) is 1. The first-order valence-electron chi connectivity index (χ1n) is 16.0. The Morgan fingerprint density at radius 2 is 1.85 bits per heavy atom. The molecule has 0 amide bonds. The standard InChI is InChI=1S/C36H35F3N4O3/c1-3-25-29(38)10-5-20-13-24(44)14-28(30(20)25)26-8-9-27-32(31(26)39)40-34(46-19-36-11-4-12-43(36)18-23(37)15-36)41-33(27)42-16-21-6-7-22(17-42)35(21,2)45/h1,5,8-10,13-14,21-23,44-45H,4,6-7,11-12,15-19H2,2H3/t21?,22?,23-,35?,36+/m1/s1. The molecule has 2 bridgehead atoms. The Morgan fingerprint density at radius 1 is 1.07 bits per heavy atom. The summed E-state index contributed by atoms with van der Waals surface area (Å²) in [6.07, 6.45) is 8.67. The van der Waals surface area contributed by atoms with E-state index in [0.29, 0.717) is 48.0 Å². The monoisotopic (exact) mass is 628 g/mol. The van der Waals surface area contributed by atoms with Gasteiger partial charge in [-0.05, 0) is 74.4 Å². The van der Waals surface area contributed by atoms with Crippen LogP contribution in [-0.2, 0) is 0 Å². The molecule has 1 aromatic heterocycles. The molecule has 4 aromatic rings. The molecule has 10 heteroatoms. The Bertz CT molecular complexity index is 1930. The van der Waals surface area contributed by atoms with E-state index in [9.17, 15) is 19.0 Å². The number of nitrogens with zero attached hydrogens (tertiary/aromatic N) is 4. The summed E-state index contributed by atoms with van der Waals surface area (Å²) in [5.74, 6) is 1.52. The summed E-state index contributed by atoms with van der Waals surface area (Å²) in [5, 5.41) is 23.0. The smallest absolute Gasteiger partial charge is 0.319 e. The van der Waals surface area contributed by atoms with Crippen LogP contribution in [0.25, 0.3) is 32.8 Å². The van der Waals surface area contributed by atoms with Crippen LogP contribution in [0.4, 0.5) is 19.0 Å². The van der Waals surface area contributed by atoms with E-state index in [1.807, 2.05) is 6.92 Å². The van der Waals surface area contributed by atoms with Crippen molar-refractivity contribution >= 4 is 27.5 Å². The van der Waals surface area contributed by atoms with E-state index in [-0.39, 0.29) is 52.4 Å². The molecule has 1 aliphatic carbocycles. The van der Waals surface area contributed by atoms with Gasteiger partial charge in [-0.25, -0.2) is 13.2 Å². The lowest BCUT2D eigenvalue weighted by Gasteiger charge is -2.43. The van der Waals surface area contributed by atoms with E-state index in [4.69, 9.17) is 16.1 Å². The van der Waals surface area contributed by atoms with Gasteiger partial charge in [0.25, 0.3) is 0 Å². The number of aromatic hydroxyl groups is 1. The van der Waals surface area contributed by atoms with Crippen molar-refractivity contribution in [3.05, 3.63) is 53.6 Å². The zero-order chi connectivity index (χ0) is 32.0. The number of phenols is 1. The summed E-state index contributed by atoms with van der Waals surface area (Å²) in [7, 11) is 0. The molecule has 238 valence electrons. The Morgan fingerprint density at radius 3 is 2.61 bits per heavy atom. The largest absolute Gasteiger partial charge is 0.508 e. The van der Waals surface area contributed by atoms with Crippen LogP contribution in [0, 0.1) is 35.8 Å². The first kappa shape index (κ1) is 29.3. The lowest BCUT2D eigenvalue weighted by molar-refractivity contribution is -0.0273. The van der Waals surface area contributed by atoms with Crippen LogP contribution in [0.1, 0.15) is 44.6 Å². The second-order valence-corrected chi connectivity index (χ2v) is 13.8. The van der Waals surface area contributed by atoms with E-state index in [1.165, 1.54) is 24.3 Å². The van der Waals surface area contributed by atoms with Gasteiger partial charge in [0.05, 0.1) is 16.7 Å². The topological polar surface area (TPSA) is 82.0 Å². The number of halogens is 3. The third-order valence-corrected chi connectivity index (χ3v) is 11.2. The average Bonchev–Trinajstić information content (AvgIpc) is 3.56. The number of alkyl halides is 1. The second kappa shape index (κ2) is 10.5. The van der Waals surface area contributed by atoms with Gasteiger partial charge in [-0.1, -0.05) is 18.1 Å². The normalized spacial score (nSPS) is 29.0. The zero-order valence-corrected chi connectivity index (χ0v) is 25.6. The van der Waals surface area contributed by atoms with Gasteiger partial charge < -0.3 is 19.8 Å². The van der Waals surface area contributed by atoms with E-state index in [1.54, 1.807) is 12.1 Å². The Balaban J connectivity index is 1.28. The number of aliphatic hydroxyl groups is 1. The van der Waals surface area contributed by atoms with Gasteiger partial charge in [0.2, 0.25) is 0 Å². The molecule has 1 saturated carbocycles. The molecule has 46 heavy (non-hydrogen) atoms. The Labute approximate surface area is 265 Å². The minimum atomic E-state index is -0.927. The van der Waals surface area contributed by atoms with Gasteiger partial charge in [0.1, 0.15) is 35.7 Å². The van der Waals surface area contributed by atoms with Gasteiger partial charge in [-0.2, -0.15) is 9.97 Å². The van der Waals surface area contributed by atoms with E-state index < -0.39 is 28.9 Å². The highest BCUT2D eigenvalue weighted by Gasteiger charge is 2.51. The fourth-order valence-corrected chi connectivity index (χ4v) is 8.72. The number of anilines is 1. The molecule has 3 aromatic carbocycles. The fraction of sp³-hybridized carbons (Fsp3) is 0.444. The second-order valence-electron chi connectivity index (χ2n) is 13.8. The predicted octanol–water partition coefficient (Wildman–Crippen LogP) is 5.97. The molecule has 7 nitrogen and oxygen atoms in total. The van der Waals surface area contributed by atoms with Crippen molar-refractivity contribution in [1.82, 2.24) is 14.9 Å².